The highest BCUT2D eigenvalue weighted by atomic mass is 16.5. The molecule has 0 spiro atoms. The maximum Gasteiger partial charge on any atom is 0.271 e. The average Bonchev–Trinajstić information content (AvgIpc) is 3.19. The van der Waals surface area contributed by atoms with Crippen molar-refractivity contribution < 1.29 is 19.4 Å². The third-order valence-corrected chi connectivity index (χ3v) is 5.75. The van der Waals surface area contributed by atoms with Gasteiger partial charge < -0.3 is 35.3 Å². The summed E-state index contributed by atoms with van der Waals surface area (Å²) < 4.78 is 7.02. The zero-order chi connectivity index (χ0) is 27.1. The van der Waals surface area contributed by atoms with Gasteiger partial charge in [-0.05, 0) is 36.1 Å². The number of benzene rings is 1. The molecule has 0 aliphatic heterocycles. The average molecular weight is 512 g/mol. The molecule has 37 heavy (non-hydrogen) atoms. The van der Waals surface area contributed by atoms with E-state index in [4.69, 9.17) is 15.5 Å². The van der Waals surface area contributed by atoms with Crippen LogP contribution in [0.15, 0.2) is 30.3 Å². The van der Waals surface area contributed by atoms with Crippen LogP contribution in [0.4, 0.5) is 11.8 Å². The minimum Gasteiger partial charge on any atom is -0.508 e. The Balaban J connectivity index is 2.05. The van der Waals surface area contributed by atoms with Crippen molar-refractivity contribution in [3.8, 4) is 5.75 Å². The number of carbonyl (C=O) groups excluding carboxylic acids is 2. The second-order valence-corrected chi connectivity index (χ2v) is 9.57. The lowest BCUT2D eigenvalue weighted by Crippen LogP contribution is -2.40. The molecule has 2 amide bonds. The normalized spacial score (nSPS) is 11.2. The van der Waals surface area contributed by atoms with Crippen molar-refractivity contribution in [3.63, 3.8) is 0 Å². The van der Waals surface area contributed by atoms with Crippen LogP contribution in [0, 0.1) is 5.92 Å². The molecular formula is C26H37N7O4. The quantitative estimate of drug-likeness (QED) is 0.297. The first kappa shape index (κ1) is 27.7. The number of nitrogens with zero attached hydrogens (tertiary/aromatic N) is 5. The Morgan fingerprint density at radius 1 is 1.19 bits per heavy atom. The van der Waals surface area contributed by atoms with Crippen molar-refractivity contribution >= 4 is 34.6 Å². The monoisotopic (exact) mass is 511 g/mol. The molecule has 3 aromatic rings. The molecule has 2 heterocycles. The van der Waals surface area contributed by atoms with Gasteiger partial charge in [0.25, 0.3) is 5.91 Å². The Hall–Kier alpha value is -3.86. The number of nitrogens with one attached hydrogen (secondary N) is 1. The number of ether oxygens (including phenoxy) is 1. The minimum atomic E-state index is -0.594. The minimum absolute atomic E-state index is 0.168. The Bertz CT molecular complexity index is 1220. The number of hydrogen-bond donors (Lipinski definition) is 3. The first-order chi connectivity index (χ1) is 17.6. The standard InChI is InChI=1S/C26H37N7O4/c1-17(2)15-33-21(14-20-23(31(3)4)29-26(30-24(20)33)28-11-13-37-5)25(36)32(16-22(27)35)12-10-18-6-8-19(34)9-7-18/h6-9,14,17,34H,10-13,15-16H2,1-5H3,(H2,27,35)(H,28,29,30). The summed E-state index contributed by atoms with van der Waals surface area (Å²) in [4.78, 5) is 38.5. The van der Waals surface area contributed by atoms with Crippen LogP contribution < -0.4 is 16.0 Å². The number of methoxy groups -OCH3 is 1. The molecule has 11 nitrogen and oxygen atoms in total. The number of rotatable bonds is 13. The third kappa shape index (κ3) is 7.10. The second kappa shape index (κ2) is 12.4. The molecule has 0 bridgehead atoms. The molecule has 11 heteroatoms. The molecule has 0 unspecified atom stereocenters. The van der Waals surface area contributed by atoms with E-state index in [0.717, 1.165) is 10.9 Å². The summed E-state index contributed by atoms with van der Waals surface area (Å²) >= 11 is 0. The zero-order valence-corrected chi connectivity index (χ0v) is 22.2. The highest BCUT2D eigenvalue weighted by molar-refractivity contribution is 6.02. The molecule has 0 aliphatic carbocycles. The fourth-order valence-corrected chi connectivity index (χ4v) is 4.05. The maximum absolute atomic E-state index is 13.9. The van der Waals surface area contributed by atoms with E-state index < -0.39 is 5.91 Å². The number of phenols is 1. The van der Waals surface area contributed by atoms with Crippen LogP contribution in [0.2, 0.25) is 0 Å². The fourth-order valence-electron chi connectivity index (χ4n) is 4.05. The van der Waals surface area contributed by atoms with E-state index in [-0.39, 0.29) is 30.7 Å². The largest absolute Gasteiger partial charge is 0.508 e. The predicted octanol–water partition coefficient (Wildman–Crippen LogP) is 2.09. The van der Waals surface area contributed by atoms with E-state index in [1.807, 2.05) is 23.6 Å². The smallest absolute Gasteiger partial charge is 0.271 e. The van der Waals surface area contributed by atoms with Gasteiger partial charge in [0.2, 0.25) is 11.9 Å². The van der Waals surface area contributed by atoms with Gasteiger partial charge in [-0.25, -0.2) is 0 Å². The molecule has 0 radical (unpaired) electrons. The first-order valence-corrected chi connectivity index (χ1v) is 12.3. The van der Waals surface area contributed by atoms with Gasteiger partial charge in [-0.15, -0.1) is 0 Å². The number of aromatic hydroxyl groups is 1. The fraction of sp³-hybridized carbons (Fsp3) is 0.462. The molecule has 0 fully saturated rings. The molecule has 1 aromatic carbocycles. The number of phenolic OH excluding ortho intramolecular Hbond substituents is 1. The first-order valence-electron chi connectivity index (χ1n) is 12.3. The van der Waals surface area contributed by atoms with Gasteiger partial charge in [-0.2, -0.15) is 9.97 Å². The van der Waals surface area contributed by atoms with Crippen LogP contribution >= 0.6 is 0 Å². The molecule has 200 valence electrons. The van der Waals surface area contributed by atoms with Crippen LogP contribution in [-0.2, 0) is 22.5 Å². The maximum atomic E-state index is 13.9. The highest BCUT2D eigenvalue weighted by Gasteiger charge is 2.26. The summed E-state index contributed by atoms with van der Waals surface area (Å²) in [6, 6.07) is 8.55. The number of nitrogens with two attached hydrogens (primary N) is 1. The molecule has 4 N–H and O–H groups in total. The molecular weight excluding hydrogens is 474 g/mol. The third-order valence-electron chi connectivity index (χ3n) is 5.75. The second-order valence-electron chi connectivity index (χ2n) is 9.57. The lowest BCUT2D eigenvalue weighted by atomic mass is 10.1. The number of anilines is 2. The number of carbonyl (C=O) groups is 2. The van der Waals surface area contributed by atoms with Crippen molar-refractivity contribution in [1.29, 1.82) is 0 Å². The van der Waals surface area contributed by atoms with Crippen molar-refractivity contribution in [1.82, 2.24) is 19.4 Å². The van der Waals surface area contributed by atoms with E-state index in [0.29, 0.717) is 49.2 Å². The van der Waals surface area contributed by atoms with Crippen molar-refractivity contribution in [3.05, 3.63) is 41.6 Å². The number of hydrogen-bond acceptors (Lipinski definition) is 8. The van der Waals surface area contributed by atoms with Gasteiger partial charge >= 0.3 is 0 Å². The lowest BCUT2D eigenvalue weighted by molar-refractivity contribution is -0.118. The predicted molar refractivity (Wildman–Crippen MR) is 144 cm³/mol. The van der Waals surface area contributed by atoms with Crippen LogP contribution in [0.25, 0.3) is 11.0 Å². The summed E-state index contributed by atoms with van der Waals surface area (Å²) in [5, 5.41) is 13.5. The highest BCUT2D eigenvalue weighted by Crippen LogP contribution is 2.29. The van der Waals surface area contributed by atoms with Gasteiger partial charge in [0.1, 0.15) is 22.9 Å². The van der Waals surface area contributed by atoms with Crippen LogP contribution in [-0.4, -0.2) is 83.8 Å². The summed E-state index contributed by atoms with van der Waals surface area (Å²) in [6.45, 7) is 5.79. The molecule has 0 aliphatic rings. The van der Waals surface area contributed by atoms with Gasteiger partial charge in [0, 0.05) is 40.8 Å². The van der Waals surface area contributed by atoms with E-state index in [2.05, 4.69) is 24.1 Å². The van der Waals surface area contributed by atoms with E-state index >= 15 is 0 Å². The van der Waals surface area contributed by atoms with Crippen LogP contribution in [0.1, 0.15) is 29.9 Å². The summed E-state index contributed by atoms with van der Waals surface area (Å²) in [7, 11) is 5.40. The van der Waals surface area contributed by atoms with Gasteiger partial charge in [-0.1, -0.05) is 26.0 Å². The Labute approximate surface area is 217 Å². The lowest BCUT2D eigenvalue weighted by Gasteiger charge is -2.22. The van der Waals surface area contributed by atoms with Crippen molar-refractivity contribution in [2.24, 2.45) is 11.7 Å². The Morgan fingerprint density at radius 2 is 1.89 bits per heavy atom. The topological polar surface area (TPSA) is 139 Å². The molecule has 3 rings (SSSR count). The molecule has 0 saturated heterocycles. The number of amides is 2. The van der Waals surface area contributed by atoms with Crippen LogP contribution in [0.3, 0.4) is 0 Å². The van der Waals surface area contributed by atoms with Crippen molar-refractivity contribution in [2.45, 2.75) is 26.8 Å². The Morgan fingerprint density at radius 3 is 2.49 bits per heavy atom. The SMILES string of the molecule is COCCNc1nc(N(C)C)c2cc(C(=O)N(CCc3ccc(O)cc3)CC(N)=O)n(CC(C)C)c2n1. The summed E-state index contributed by atoms with van der Waals surface area (Å²) in [6.07, 6.45) is 0.500. The van der Waals surface area contributed by atoms with E-state index in [9.17, 15) is 14.7 Å². The zero-order valence-electron chi connectivity index (χ0n) is 22.2. The molecule has 0 saturated carbocycles. The van der Waals surface area contributed by atoms with Crippen LogP contribution in [0.5, 0.6) is 5.75 Å². The van der Waals surface area contributed by atoms with Gasteiger partial charge in [0.05, 0.1) is 18.5 Å². The number of fused-ring (bicyclic) bond motifs is 1. The van der Waals surface area contributed by atoms with Gasteiger partial charge in [0.15, 0.2) is 0 Å². The number of primary amides is 1. The van der Waals surface area contributed by atoms with E-state index in [1.54, 1.807) is 37.4 Å². The summed E-state index contributed by atoms with van der Waals surface area (Å²) in [5.74, 6) is 0.606. The Kier molecular flexibility index (Phi) is 9.29. The molecule has 2 aromatic heterocycles. The van der Waals surface area contributed by atoms with E-state index in [1.165, 1.54) is 4.90 Å². The van der Waals surface area contributed by atoms with Crippen molar-refractivity contribution in [2.75, 3.05) is 57.7 Å². The van der Waals surface area contributed by atoms with Gasteiger partial charge in [-0.3, -0.25) is 9.59 Å². The number of aromatic nitrogens is 3. The summed E-state index contributed by atoms with van der Waals surface area (Å²) in [5.41, 5.74) is 7.49. The molecule has 0 atom stereocenters.